The molecule has 0 unspecified atom stereocenters. The van der Waals surface area contributed by atoms with Crippen LogP contribution in [0, 0.1) is 0 Å². The van der Waals surface area contributed by atoms with E-state index >= 15 is 0 Å². The average Bonchev–Trinajstić information content (AvgIpc) is 2.59. The molecule has 0 saturated heterocycles. The quantitative estimate of drug-likeness (QED) is 0.795. The van der Waals surface area contributed by atoms with Crippen LogP contribution in [0.5, 0.6) is 5.75 Å². The fraction of sp³-hybridized carbons (Fsp3) is 0.222. The first-order valence-corrected chi connectivity index (χ1v) is 7.27. The van der Waals surface area contributed by atoms with Gasteiger partial charge in [-0.3, -0.25) is 9.59 Å². The Morgan fingerprint density at radius 3 is 2.43 bits per heavy atom. The number of rotatable bonds is 7. The molecule has 0 radical (unpaired) electrons. The molecule has 0 atom stereocenters. The zero-order valence-electron chi connectivity index (χ0n) is 13.0. The summed E-state index contributed by atoms with van der Waals surface area (Å²) in [4.78, 5) is 23.5. The van der Waals surface area contributed by atoms with Gasteiger partial charge in [-0.2, -0.15) is 0 Å². The molecule has 2 aromatic rings. The van der Waals surface area contributed by atoms with E-state index in [2.05, 4.69) is 5.32 Å². The van der Waals surface area contributed by atoms with Crippen LogP contribution < -0.4 is 10.1 Å². The second-order valence-electron chi connectivity index (χ2n) is 4.91. The lowest BCUT2D eigenvalue weighted by Crippen LogP contribution is -2.28. The Morgan fingerprint density at radius 1 is 1.00 bits per heavy atom. The standard InChI is InChI=1S/C18H19NO4/c1-22-16-10-6-5-9-15(16)11-18(21)23-13-17(20)19-12-14-7-3-2-4-8-14/h2-10H,11-13H2,1H3,(H,19,20). The summed E-state index contributed by atoms with van der Waals surface area (Å²) < 4.78 is 10.2. The highest BCUT2D eigenvalue weighted by molar-refractivity contribution is 5.81. The maximum absolute atomic E-state index is 11.8. The van der Waals surface area contributed by atoms with Crippen molar-refractivity contribution in [2.24, 2.45) is 0 Å². The van der Waals surface area contributed by atoms with Crippen molar-refractivity contribution in [3.05, 3.63) is 65.7 Å². The van der Waals surface area contributed by atoms with Gasteiger partial charge in [0, 0.05) is 12.1 Å². The summed E-state index contributed by atoms with van der Waals surface area (Å²) in [5.74, 6) is -0.176. The summed E-state index contributed by atoms with van der Waals surface area (Å²) in [5, 5.41) is 2.70. The van der Waals surface area contributed by atoms with Gasteiger partial charge in [-0.05, 0) is 11.6 Å². The number of benzene rings is 2. The molecule has 120 valence electrons. The van der Waals surface area contributed by atoms with Crippen LogP contribution in [-0.2, 0) is 27.3 Å². The van der Waals surface area contributed by atoms with E-state index in [1.54, 1.807) is 19.2 Å². The number of methoxy groups -OCH3 is 1. The van der Waals surface area contributed by atoms with Crippen molar-refractivity contribution in [3.8, 4) is 5.75 Å². The summed E-state index contributed by atoms with van der Waals surface area (Å²) in [5.41, 5.74) is 1.71. The Hall–Kier alpha value is -2.82. The zero-order valence-corrected chi connectivity index (χ0v) is 13.0. The van der Waals surface area contributed by atoms with Crippen LogP contribution in [0.4, 0.5) is 0 Å². The molecule has 0 aliphatic rings. The van der Waals surface area contributed by atoms with Gasteiger partial charge in [0.2, 0.25) is 0 Å². The van der Waals surface area contributed by atoms with Crippen LogP contribution in [0.25, 0.3) is 0 Å². The number of carbonyl (C=O) groups is 2. The summed E-state index contributed by atoms with van der Waals surface area (Å²) in [6.45, 7) is 0.116. The minimum absolute atomic E-state index is 0.0655. The van der Waals surface area contributed by atoms with Gasteiger partial charge in [-0.1, -0.05) is 48.5 Å². The molecule has 0 bridgehead atoms. The third-order valence-electron chi connectivity index (χ3n) is 3.22. The van der Waals surface area contributed by atoms with Crippen LogP contribution in [-0.4, -0.2) is 25.6 Å². The molecule has 0 aliphatic heterocycles. The van der Waals surface area contributed by atoms with Gasteiger partial charge >= 0.3 is 5.97 Å². The fourth-order valence-corrected chi connectivity index (χ4v) is 2.05. The van der Waals surface area contributed by atoms with Crippen LogP contribution in [0.15, 0.2) is 54.6 Å². The van der Waals surface area contributed by atoms with Crippen LogP contribution in [0.2, 0.25) is 0 Å². The lowest BCUT2D eigenvalue weighted by molar-refractivity contribution is -0.147. The molecule has 5 heteroatoms. The molecular weight excluding hydrogens is 294 g/mol. The van der Waals surface area contributed by atoms with Crippen molar-refractivity contribution >= 4 is 11.9 Å². The largest absolute Gasteiger partial charge is 0.496 e. The molecule has 23 heavy (non-hydrogen) atoms. The van der Waals surface area contributed by atoms with Crippen molar-refractivity contribution in [2.45, 2.75) is 13.0 Å². The summed E-state index contributed by atoms with van der Waals surface area (Å²) in [7, 11) is 1.54. The first-order chi connectivity index (χ1) is 11.2. The number of ether oxygens (including phenoxy) is 2. The van der Waals surface area contributed by atoms with E-state index in [4.69, 9.17) is 9.47 Å². The molecule has 0 spiro atoms. The number of para-hydroxylation sites is 1. The molecule has 0 heterocycles. The van der Waals surface area contributed by atoms with E-state index in [0.29, 0.717) is 12.3 Å². The SMILES string of the molecule is COc1ccccc1CC(=O)OCC(=O)NCc1ccccc1. The van der Waals surface area contributed by atoms with E-state index in [1.807, 2.05) is 42.5 Å². The number of nitrogens with one attached hydrogen (secondary N) is 1. The number of hydrogen-bond acceptors (Lipinski definition) is 4. The molecule has 2 aromatic carbocycles. The van der Waals surface area contributed by atoms with Crippen molar-refractivity contribution in [1.82, 2.24) is 5.32 Å². The Morgan fingerprint density at radius 2 is 1.70 bits per heavy atom. The number of esters is 1. The molecular formula is C18H19NO4. The highest BCUT2D eigenvalue weighted by atomic mass is 16.5. The maximum Gasteiger partial charge on any atom is 0.310 e. The molecule has 1 N–H and O–H groups in total. The molecule has 0 saturated carbocycles. The summed E-state index contributed by atoms with van der Waals surface area (Å²) in [6, 6.07) is 16.7. The lowest BCUT2D eigenvalue weighted by Gasteiger charge is -2.09. The molecule has 5 nitrogen and oxygen atoms in total. The van der Waals surface area contributed by atoms with E-state index in [9.17, 15) is 9.59 Å². The zero-order chi connectivity index (χ0) is 16.5. The lowest BCUT2D eigenvalue weighted by atomic mass is 10.1. The molecule has 0 fully saturated rings. The van der Waals surface area contributed by atoms with Gasteiger partial charge < -0.3 is 14.8 Å². The van der Waals surface area contributed by atoms with E-state index in [1.165, 1.54) is 0 Å². The van der Waals surface area contributed by atoms with Crippen LogP contribution in [0.1, 0.15) is 11.1 Å². The van der Waals surface area contributed by atoms with Crippen molar-refractivity contribution in [1.29, 1.82) is 0 Å². The number of hydrogen-bond donors (Lipinski definition) is 1. The second kappa shape index (κ2) is 8.58. The third-order valence-corrected chi connectivity index (χ3v) is 3.22. The Balaban J connectivity index is 1.74. The van der Waals surface area contributed by atoms with Gasteiger partial charge in [0.25, 0.3) is 5.91 Å². The van der Waals surface area contributed by atoms with E-state index in [0.717, 1.165) is 11.1 Å². The molecule has 0 aromatic heterocycles. The molecule has 2 rings (SSSR count). The topological polar surface area (TPSA) is 64.6 Å². The summed E-state index contributed by atoms with van der Waals surface area (Å²) >= 11 is 0. The van der Waals surface area contributed by atoms with E-state index < -0.39 is 5.97 Å². The van der Waals surface area contributed by atoms with Gasteiger partial charge in [-0.25, -0.2) is 0 Å². The smallest absolute Gasteiger partial charge is 0.310 e. The highest BCUT2D eigenvalue weighted by Crippen LogP contribution is 2.17. The fourth-order valence-electron chi connectivity index (χ4n) is 2.05. The third kappa shape index (κ3) is 5.47. The summed E-state index contributed by atoms with van der Waals surface area (Å²) in [6.07, 6.45) is 0.0655. The Kier molecular flexibility index (Phi) is 6.17. The predicted molar refractivity (Wildman–Crippen MR) is 85.9 cm³/mol. The number of amides is 1. The monoisotopic (exact) mass is 313 g/mol. The maximum atomic E-state index is 11.8. The van der Waals surface area contributed by atoms with Crippen molar-refractivity contribution in [3.63, 3.8) is 0 Å². The van der Waals surface area contributed by atoms with Crippen LogP contribution >= 0.6 is 0 Å². The molecule has 0 aliphatic carbocycles. The minimum Gasteiger partial charge on any atom is -0.496 e. The second-order valence-corrected chi connectivity index (χ2v) is 4.91. The van der Waals surface area contributed by atoms with Gasteiger partial charge in [0.05, 0.1) is 13.5 Å². The highest BCUT2D eigenvalue weighted by Gasteiger charge is 2.11. The van der Waals surface area contributed by atoms with Crippen LogP contribution in [0.3, 0.4) is 0 Å². The minimum atomic E-state index is -0.468. The average molecular weight is 313 g/mol. The Labute approximate surface area is 135 Å². The predicted octanol–water partition coefficient (Wildman–Crippen LogP) is 2.10. The van der Waals surface area contributed by atoms with Gasteiger partial charge in [0.15, 0.2) is 6.61 Å². The van der Waals surface area contributed by atoms with Crippen molar-refractivity contribution < 1.29 is 19.1 Å². The molecule has 1 amide bonds. The van der Waals surface area contributed by atoms with Crippen molar-refractivity contribution in [2.75, 3.05) is 13.7 Å². The normalized spacial score (nSPS) is 9.96. The Bertz CT molecular complexity index is 655. The van der Waals surface area contributed by atoms with Gasteiger partial charge in [0.1, 0.15) is 5.75 Å². The first kappa shape index (κ1) is 16.5. The number of carbonyl (C=O) groups excluding carboxylic acids is 2. The van der Waals surface area contributed by atoms with Gasteiger partial charge in [-0.15, -0.1) is 0 Å². The first-order valence-electron chi connectivity index (χ1n) is 7.27. The van der Waals surface area contributed by atoms with E-state index in [-0.39, 0.29) is 18.9 Å².